The third-order valence-corrected chi connectivity index (χ3v) is 4.40. The van der Waals surface area contributed by atoms with Gasteiger partial charge >= 0.3 is 0 Å². The lowest BCUT2D eigenvalue weighted by Gasteiger charge is -2.31. The van der Waals surface area contributed by atoms with Crippen LogP contribution in [0.15, 0.2) is 48.5 Å². The molecule has 0 saturated heterocycles. The quantitative estimate of drug-likeness (QED) is 0.898. The number of hydrogen-bond donors (Lipinski definition) is 1. The third-order valence-electron chi connectivity index (χ3n) is 4.40. The summed E-state index contributed by atoms with van der Waals surface area (Å²) in [5.41, 5.74) is 1.66. The van der Waals surface area contributed by atoms with Gasteiger partial charge in [0, 0.05) is 23.7 Å². The van der Waals surface area contributed by atoms with E-state index >= 15 is 0 Å². The zero-order valence-corrected chi connectivity index (χ0v) is 15.4. The van der Waals surface area contributed by atoms with E-state index in [0.717, 1.165) is 11.1 Å². The molecule has 26 heavy (non-hydrogen) atoms. The number of nitrogens with one attached hydrogen (secondary N) is 1. The summed E-state index contributed by atoms with van der Waals surface area (Å²) in [6.45, 7) is 6.21. The lowest BCUT2D eigenvalue weighted by molar-refractivity contribution is -0.136. The van der Waals surface area contributed by atoms with Gasteiger partial charge in [0.15, 0.2) is 0 Å². The summed E-state index contributed by atoms with van der Waals surface area (Å²) in [4.78, 5) is 27.1. The van der Waals surface area contributed by atoms with E-state index in [0.29, 0.717) is 18.0 Å². The van der Waals surface area contributed by atoms with E-state index in [1.54, 1.807) is 4.90 Å². The number of carbonyl (C=O) groups is 2. The maximum absolute atomic E-state index is 13.4. The van der Waals surface area contributed by atoms with Crippen molar-refractivity contribution in [3.8, 4) is 11.5 Å². The van der Waals surface area contributed by atoms with E-state index in [4.69, 9.17) is 4.74 Å². The van der Waals surface area contributed by atoms with Crippen molar-refractivity contribution in [3.63, 3.8) is 0 Å². The van der Waals surface area contributed by atoms with Gasteiger partial charge < -0.3 is 15.0 Å². The zero-order chi connectivity index (χ0) is 18.7. The number of carbonyl (C=O) groups excluding carboxylic acids is 2. The van der Waals surface area contributed by atoms with Gasteiger partial charge in [0.1, 0.15) is 11.5 Å². The molecule has 0 radical (unpaired) electrons. The minimum absolute atomic E-state index is 0.0424. The smallest absolute Gasteiger partial charge is 0.239 e. The van der Waals surface area contributed by atoms with E-state index in [1.165, 1.54) is 0 Å². The van der Waals surface area contributed by atoms with Crippen molar-refractivity contribution < 1.29 is 14.3 Å². The summed E-state index contributed by atoms with van der Waals surface area (Å²) in [7, 11) is 0. The first-order chi connectivity index (χ1) is 12.5. The number of nitrogens with zero attached hydrogens (tertiary/aromatic N) is 1. The molecule has 1 N–H and O–H groups in total. The first kappa shape index (κ1) is 18.0. The molecule has 0 aromatic heterocycles. The number of benzene rings is 2. The Labute approximate surface area is 154 Å². The van der Waals surface area contributed by atoms with Gasteiger partial charge in [-0.05, 0) is 32.9 Å². The topological polar surface area (TPSA) is 58.6 Å². The maximum atomic E-state index is 13.4. The summed E-state index contributed by atoms with van der Waals surface area (Å²) >= 11 is 0. The van der Waals surface area contributed by atoms with Crippen LogP contribution in [-0.4, -0.2) is 35.8 Å². The van der Waals surface area contributed by atoms with Crippen molar-refractivity contribution in [2.75, 3.05) is 13.1 Å². The minimum Gasteiger partial charge on any atom is -0.457 e. The first-order valence-electron chi connectivity index (χ1n) is 8.95. The predicted octanol–water partition coefficient (Wildman–Crippen LogP) is 3.30. The molecule has 136 valence electrons. The Bertz CT molecular complexity index is 771. The van der Waals surface area contributed by atoms with Crippen molar-refractivity contribution in [2.45, 2.75) is 32.7 Å². The van der Waals surface area contributed by atoms with Crippen LogP contribution in [0.1, 0.15) is 37.8 Å². The van der Waals surface area contributed by atoms with Crippen molar-refractivity contribution >= 4 is 11.8 Å². The number of hydrogen-bond acceptors (Lipinski definition) is 3. The van der Waals surface area contributed by atoms with E-state index in [1.807, 2.05) is 69.3 Å². The molecule has 0 atom stereocenters. The fraction of sp³-hybridized carbons (Fsp3) is 0.333. The fourth-order valence-corrected chi connectivity index (χ4v) is 3.25. The molecule has 2 aromatic carbocycles. The van der Waals surface area contributed by atoms with Crippen LogP contribution in [0.3, 0.4) is 0 Å². The van der Waals surface area contributed by atoms with Gasteiger partial charge in [0.2, 0.25) is 11.8 Å². The summed E-state index contributed by atoms with van der Waals surface area (Å²) in [6, 6.07) is 15.2. The lowest BCUT2D eigenvalue weighted by atomic mass is 9.87. The highest BCUT2D eigenvalue weighted by atomic mass is 16.5. The van der Waals surface area contributed by atoms with E-state index in [2.05, 4.69) is 5.32 Å². The van der Waals surface area contributed by atoms with Gasteiger partial charge in [-0.25, -0.2) is 0 Å². The van der Waals surface area contributed by atoms with Crippen molar-refractivity contribution in [3.05, 3.63) is 59.7 Å². The summed E-state index contributed by atoms with van der Waals surface area (Å²) in [5, 5.41) is 2.85. The van der Waals surface area contributed by atoms with E-state index in [9.17, 15) is 9.59 Å². The Morgan fingerprint density at radius 3 is 2.08 bits per heavy atom. The molecule has 0 unspecified atom stereocenters. The van der Waals surface area contributed by atoms with Gasteiger partial charge in [0.05, 0.1) is 12.5 Å². The Morgan fingerprint density at radius 1 is 1.04 bits per heavy atom. The van der Waals surface area contributed by atoms with Gasteiger partial charge in [0.25, 0.3) is 0 Å². The molecule has 1 heterocycles. The van der Waals surface area contributed by atoms with Crippen LogP contribution in [-0.2, 0) is 9.59 Å². The molecule has 1 aliphatic rings. The number of ether oxygens (including phenoxy) is 1. The molecule has 2 aromatic rings. The van der Waals surface area contributed by atoms with E-state index in [-0.39, 0.29) is 24.4 Å². The second-order valence-corrected chi connectivity index (χ2v) is 6.69. The molecule has 1 aliphatic heterocycles. The van der Waals surface area contributed by atoms with Crippen LogP contribution >= 0.6 is 0 Å². The number of likely N-dealkylation sites (N-methyl/N-ethyl adjacent to an activating group) is 1. The third kappa shape index (κ3) is 3.57. The molecule has 5 heteroatoms. The molecule has 0 bridgehead atoms. The summed E-state index contributed by atoms with van der Waals surface area (Å²) in [5.74, 6) is 0.667. The van der Waals surface area contributed by atoms with Crippen LogP contribution in [0.4, 0.5) is 0 Å². The maximum Gasteiger partial charge on any atom is 0.239 e. The van der Waals surface area contributed by atoms with Crippen LogP contribution in [0, 0.1) is 0 Å². The molecule has 3 rings (SSSR count). The van der Waals surface area contributed by atoms with Crippen molar-refractivity contribution in [1.82, 2.24) is 10.2 Å². The number of amides is 2. The Kier molecular flexibility index (Phi) is 5.26. The summed E-state index contributed by atoms with van der Waals surface area (Å²) < 4.78 is 5.95. The molecular weight excluding hydrogens is 328 g/mol. The predicted molar refractivity (Wildman–Crippen MR) is 100 cm³/mol. The lowest BCUT2D eigenvalue weighted by Crippen LogP contribution is -2.44. The van der Waals surface area contributed by atoms with Crippen molar-refractivity contribution in [1.29, 1.82) is 0 Å². The minimum atomic E-state index is -0.469. The van der Waals surface area contributed by atoms with Crippen LogP contribution in [0.2, 0.25) is 0 Å². The monoisotopic (exact) mass is 352 g/mol. The van der Waals surface area contributed by atoms with Gasteiger partial charge in [-0.15, -0.1) is 0 Å². The first-order valence-corrected chi connectivity index (χ1v) is 8.95. The number of fused-ring (bicyclic) bond motifs is 2. The molecule has 2 amide bonds. The van der Waals surface area contributed by atoms with Crippen LogP contribution in [0.25, 0.3) is 0 Å². The molecule has 5 nitrogen and oxygen atoms in total. The van der Waals surface area contributed by atoms with E-state index < -0.39 is 5.92 Å². The molecular formula is C21H24N2O3. The zero-order valence-electron chi connectivity index (χ0n) is 15.4. The van der Waals surface area contributed by atoms with Gasteiger partial charge in [-0.2, -0.15) is 0 Å². The average Bonchev–Trinajstić information content (AvgIpc) is 2.63. The van der Waals surface area contributed by atoms with Gasteiger partial charge in [-0.3, -0.25) is 9.59 Å². The Hall–Kier alpha value is -2.82. The molecule has 0 saturated carbocycles. The van der Waals surface area contributed by atoms with Crippen LogP contribution in [0.5, 0.6) is 11.5 Å². The fourth-order valence-electron chi connectivity index (χ4n) is 3.25. The average molecular weight is 352 g/mol. The highest BCUT2D eigenvalue weighted by Gasteiger charge is 2.35. The standard InChI is InChI=1S/C21H24N2O3/c1-4-23(13-19(24)22-14(2)3)21(25)20-15-9-5-7-11-17(15)26-18-12-8-6-10-16(18)20/h5-12,14,20H,4,13H2,1-3H3,(H,22,24). The largest absolute Gasteiger partial charge is 0.457 e. The summed E-state index contributed by atoms with van der Waals surface area (Å²) in [6.07, 6.45) is 0. The highest BCUT2D eigenvalue weighted by Crippen LogP contribution is 2.44. The second kappa shape index (κ2) is 7.60. The normalized spacial score (nSPS) is 12.8. The van der Waals surface area contributed by atoms with Crippen molar-refractivity contribution in [2.24, 2.45) is 0 Å². The molecule has 0 fully saturated rings. The SMILES string of the molecule is CCN(CC(=O)NC(C)C)C(=O)C1c2ccccc2Oc2ccccc21. The Morgan fingerprint density at radius 2 is 1.58 bits per heavy atom. The van der Waals surface area contributed by atoms with Crippen LogP contribution < -0.4 is 10.1 Å². The Balaban J connectivity index is 1.94. The number of para-hydroxylation sites is 2. The highest BCUT2D eigenvalue weighted by molar-refractivity contribution is 5.92. The second-order valence-electron chi connectivity index (χ2n) is 6.69. The van der Waals surface area contributed by atoms with Gasteiger partial charge in [-0.1, -0.05) is 36.4 Å². The number of rotatable bonds is 5. The molecule has 0 aliphatic carbocycles. The molecule has 0 spiro atoms.